The molecule has 6 aromatic heterocycles. The number of hydrogen-bond acceptors (Lipinski definition) is 10. The molecule has 12 aromatic rings. The van der Waals surface area contributed by atoms with Crippen LogP contribution in [0.15, 0.2) is 207 Å². The fraction of sp³-hybridized carbons (Fsp3) is 0. The van der Waals surface area contributed by atoms with Crippen LogP contribution in [0.5, 0.6) is 11.5 Å². The molecule has 0 spiro atoms. The Balaban J connectivity index is 0.00000306. The minimum absolute atomic E-state index is 0. The normalized spacial score (nSPS) is 10.8. The van der Waals surface area contributed by atoms with Crippen LogP contribution in [0.4, 0.5) is 0 Å². The van der Waals surface area contributed by atoms with Crippen LogP contribution in [-0.4, -0.2) is 54.9 Å². The summed E-state index contributed by atoms with van der Waals surface area (Å²) in [5.74, 6) is 1.38. The van der Waals surface area contributed by atoms with Gasteiger partial charge >= 0.3 is 41.2 Å². The Morgan fingerprint density at radius 3 is 1.51 bits per heavy atom. The van der Waals surface area contributed by atoms with Gasteiger partial charge in [0.25, 0.3) is 0 Å². The number of ether oxygens (including phenoxy) is 1. The van der Waals surface area contributed by atoms with E-state index in [2.05, 4.69) is 106 Å². The van der Waals surface area contributed by atoms with Crippen LogP contribution in [0.2, 0.25) is 0 Å². The molecule has 0 bridgehead atoms. The summed E-state index contributed by atoms with van der Waals surface area (Å²) in [5, 5.41) is 18.0. The van der Waals surface area contributed by atoms with Crippen molar-refractivity contribution in [2.75, 3.05) is 0 Å². The molecule has 12 rings (SSSR count). The van der Waals surface area contributed by atoms with E-state index in [1.807, 2.05) is 137 Å². The third-order valence-corrected chi connectivity index (χ3v) is 11.7. The van der Waals surface area contributed by atoms with Crippen LogP contribution < -0.4 is 4.74 Å². The van der Waals surface area contributed by atoms with Gasteiger partial charge in [0.15, 0.2) is 0 Å². The molecule has 350 valence electrons. The maximum absolute atomic E-state index is 6.78. The maximum atomic E-state index is 6.78. The summed E-state index contributed by atoms with van der Waals surface area (Å²) in [6.45, 7) is 0. The van der Waals surface area contributed by atoms with Crippen LogP contribution in [0, 0.1) is 30.3 Å². The van der Waals surface area contributed by atoms with Crippen molar-refractivity contribution in [3.05, 3.63) is 238 Å². The van der Waals surface area contributed by atoms with Gasteiger partial charge in [-0.2, -0.15) is 0 Å². The van der Waals surface area contributed by atoms with Gasteiger partial charge in [-0.25, -0.2) is 17.7 Å². The fourth-order valence-corrected chi connectivity index (χ4v) is 8.30. The van der Waals surface area contributed by atoms with E-state index in [4.69, 9.17) is 4.74 Å². The molecular weight excluding hydrogens is 1270 g/mol. The van der Waals surface area contributed by atoms with Gasteiger partial charge in [0.1, 0.15) is 0 Å². The van der Waals surface area contributed by atoms with Crippen LogP contribution in [0.1, 0.15) is 0 Å². The van der Waals surface area contributed by atoms with Gasteiger partial charge in [-0.3, -0.25) is 15.4 Å². The number of hydrogen-bond donors (Lipinski definition) is 0. The molecule has 0 atom stereocenters. The van der Waals surface area contributed by atoms with E-state index in [-0.39, 0.29) is 41.2 Å². The molecule has 12 nitrogen and oxygen atoms in total. The summed E-state index contributed by atoms with van der Waals surface area (Å²) in [4.78, 5) is 22.6. The Kier molecular flexibility index (Phi) is 14.3. The first-order valence-electron chi connectivity index (χ1n) is 22.5. The van der Waals surface area contributed by atoms with Crippen molar-refractivity contribution in [1.82, 2.24) is 54.9 Å². The number of aromatic nitrogens is 11. The van der Waals surface area contributed by atoms with Crippen molar-refractivity contribution in [2.24, 2.45) is 0 Å². The van der Waals surface area contributed by atoms with E-state index in [0.29, 0.717) is 22.9 Å². The molecule has 0 amide bonds. The molecule has 0 saturated carbocycles. The summed E-state index contributed by atoms with van der Waals surface area (Å²) in [5.41, 5.74) is 13.6. The Labute approximate surface area is 448 Å². The Bertz CT molecular complexity index is 3650. The zero-order chi connectivity index (χ0) is 47.3. The molecule has 0 saturated heterocycles. The van der Waals surface area contributed by atoms with Gasteiger partial charge in [-0.1, -0.05) is 82.7 Å². The Hall–Kier alpha value is -8.73. The van der Waals surface area contributed by atoms with Crippen molar-refractivity contribution in [3.63, 3.8) is 0 Å². The van der Waals surface area contributed by atoms with Crippen molar-refractivity contribution < 1.29 is 45.9 Å². The molecule has 14 heteroatoms. The van der Waals surface area contributed by atoms with Crippen LogP contribution in [0.3, 0.4) is 0 Å². The maximum Gasteiger partial charge on any atom is 3.00 e. The van der Waals surface area contributed by atoms with Gasteiger partial charge in [0, 0.05) is 47.9 Å². The number of nitrogens with zero attached hydrogens (tertiary/aromatic N) is 11. The van der Waals surface area contributed by atoms with Crippen molar-refractivity contribution >= 4 is 0 Å². The molecule has 73 heavy (non-hydrogen) atoms. The van der Waals surface area contributed by atoms with Crippen LogP contribution in [0.25, 0.3) is 101 Å². The summed E-state index contributed by atoms with van der Waals surface area (Å²) in [6.07, 6.45) is 12.2. The average Bonchev–Trinajstić information content (AvgIpc) is 4.16. The minimum Gasteiger partial charge on any atom is -0.515 e. The molecule has 0 N–H and O–H groups in total. The second-order valence-electron chi connectivity index (χ2n) is 16.1. The molecule has 0 fully saturated rings. The summed E-state index contributed by atoms with van der Waals surface area (Å²) in [6, 6.07) is 70.2. The third kappa shape index (κ3) is 10.1. The molecule has 0 aliphatic heterocycles. The number of benzene rings is 6. The predicted octanol–water partition coefficient (Wildman–Crippen LogP) is 11.9. The molecule has 0 aliphatic rings. The Morgan fingerprint density at radius 1 is 0.425 bits per heavy atom. The van der Waals surface area contributed by atoms with E-state index in [0.717, 1.165) is 89.9 Å². The third-order valence-electron chi connectivity index (χ3n) is 11.7. The number of rotatable bonds is 12. The molecular formula is C59H34IrN11OPt. The zero-order valence-electron chi connectivity index (χ0n) is 38.1. The zero-order valence-corrected chi connectivity index (χ0v) is 42.8. The topological polar surface area (TPSA) is 135 Å². The van der Waals surface area contributed by atoms with Gasteiger partial charge in [0.2, 0.25) is 0 Å². The summed E-state index contributed by atoms with van der Waals surface area (Å²) >= 11 is 0. The van der Waals surface area contributed by atoms with Crippen molar-refractivity contribution in [1.29, 1.82) is 0 Å². The largest absolute Gasteiger partial charge is 3.00 e. The summed E-state index contributed by atoms with van der Waals surface area (Å²) in [7, 11) is 0. The molecule has 0 radical (unpaired) electrons. The first kappa shape index (κ1) is 47.9. The second-order valence-corrected chi connectivity index (χ2v) is 16.1. The monoisotopic (exact) mass is 1300 g/mol. The van der Waals surface area contributed by atoms with Crippen molar-refractivity contribution in [3.8, 4) is 113 Å². The van der Waals surface area contributed by atoms with E-state index >= 15 is 0 Å². The second kappa shape index (κ2) is 21.7. The fourth-order valence-electron chi connectivity index (χ4n) is 8.30. The average molecular weight is 1300 g/mol. The Morgan fingerprint density at radius 2 is 0.959 bits per heavy atom. The molecule has 6 heterocycles. The van der Waals surface area contributed by atoms with Gasteiger partial charge < -0.3 is 29.7 Å². The minimum atomic E-state index is 0. The summed E-state index contributed by atoms with van der Waals surface area (Å²) < 4.78 is 10.4. The first-order chi connectivity index (χ1) is 35.2. The smallest absolute Gasteiger partial charge is 0.515 e. The van der Waals surface area contributed by atoms with Crippen LogP contribution in [-0.2, 0) is 41.2 Å². The van der Waals surface area contributed by atoms with E-state index < -0.39 is 0 Å². The quantitative estimate of drug-likeness (QED) is 0.109. The van der Waals surface area contributed by atoms with E-state index in [1.165, 1.54) is 0 Å². The van der Waals surface area contributed by atoms with E-state index in [1.54, 1.807) is 49.4 Å². The molecule has 0 unspecified atom stereocenters. The van der Waals surface area contributed by atoms with Gasteiger partial charge in [0.05, 0.1) is 23.8 Å². The van der Waals surface area contributed by atoms with Crippen molar-refractivity contribution in [2.45, 2.75) is 0 Å². The SMILES string of the molecule is [Ir+3].[Pt+2].[c-]1cc(-c2ccccc2-c2cc(-c3cnnn3-c3c[c-]c(-c4ccccn4)cc3)cc(-c3cnnn3-c3c[c-]c(-c4ccccn4)cc3)c2)c(Oc2[c-]c(-c3ccccn3)ccc2)[c-]c1-c1ncccn1. The van der Waals surface area contributed by atoms with Gasteiger partial charge in [-0.05, 0) is 93.6 Å². The van der Waals surface area contributed by atoms with Gasteiger partial charge in [-0.15, -0.1) is 99.2 Å². The standard InChI is InChI=1S/C59H34N11O.Ir.Pt/c1-2-14-51(52-27-22-43(59-63-31-10-32-64-59)37-58(52)71-49-12-9-11-42(36-49)55-17-5-8-30-62-55)50(13-1)44-33-45(56-38-65-67-69(56)47-23-18-40(19-24-47)53-15-3-6-28-60-53)35-46(34-44)57-39-66-68-70(57)48-25-20-41(21-26-48)54-16-4-7-29-61-54;;/h1-18,20,23-35,38-39H;;/q-5;+3;+2. The molecule has 6 aromatic carbocycles. The first-order valence-corrected chi connectivity index (χ1v) is 22.5. The molecule has 0 aliphatic carbocycles. The van der Waals surface area contributed by atoms with E-state index in [9.17, 15) is 0 Å². The predicted molar refractivity (Wildman–Crippen MR) is 269 cm³/mol. The number of pyridine rings is 3. The van der Waals surface area contributed by atoms with Crippen LogP contribution >= 0.6 is 0 Å².